The van der Waals surface area contributed by atoms with E-state index >= 15 is 0 Å². The van der Waals surface area contributed by atoms with Crippen LogP contribution in [0.4, 0.5) is 0 Å². The molecule has 0 aliphatic carbocycles. The Morgan fingerprint density at radius 3 is 2.06 bits per heavy atom. The summed E-state index contributed by atoms with van der Waals surface area (Å²) < 4.78 is 16.7. The second-order valence-electron chi connectivity index (χ2n) is 8.32. The van der Waals surface area contributed by atoms with Crippen LogP contribution in [0.2, 0.25) is 10.0 Å². The predicted octanol–water partition coefficient (Wildman–Crippen LogP) is 5.44. The average Bonchev–Trinajstić information content (AvgIpc) is 2.83. The molecule has 0 spiro atoms. The quantitative estimate of drug-likeness (QED) is 0.356. The first-order valence-corrected chi connectivity index (χ1v) is 12.4. The minimum absolute atomic E-state index is 0.0509. The number of likely N-dealkylation sites (tertiary alicyclic amines) is 1. The van der Waals surface area contributed by atoms with Gasteiger partial charge in [0.2, 0.25) is 0 Å². The van der Waals surface area contributed by atoms with Crippen LogP contribution in [0.25, 0.3) is 0 Å². The van der Waals surface area contributed by atoms with Crippen LogP contribution in [-0.2, 0) is 14.3 Å². The fourth-order valence-corrected chi connectivity index (χ4v) is 4.30. The zero-order chi connectivity index (χ0) is 24.3. The maximum atomic E-state index is 12.6. The Morgan fingerprint density at radius 1 is 0.941 bits per heavy atom. The van der Waals surface area contributed by atoms with Crippen LogP contribution in [0.3, 0.4) is 0 Å². The van der Waals surface area contributed by atoms with Gasteiger partial charge in [-0.3, -0.25) is 14.5 Å². The number of hydrogen-bond acceptors (Lipinski definition) is 6. The number of halogens is 2. The van der Waals surface area contributed by atoms with E-state index in [0.29, 0.717) is 47.6 Å². The van der Waals surface area contributed by atoms with Gasteiger partial charge in [0.15, 0.2) is 5.78 Å². The van der Waals surface area contributed by atoms with Gasteiger partial charge in [0.25, 0.3) is 0 Å². The van der Waals surface area contributed by atoms with Gasteiger partial charge in [-0.2, -0.15) is 0 Å². The van der Waals surface area contributed by atoms with Crippen LogP contribution in [-0.4, -0.2) is 55.6 Å². The summed E-state index contributed by atoms with van der Waals surface area (Å²) in [7, 11) is 0. The number of hydrogen-bond donors (Lipinski definition) is 0. The molecular formula is C26H31Cl2NO5. The largest absolute Gasteiger partial charge is 0.494 e. The zero-order valence-corrected chi connectivity index (χ0v) is 20.9. The molecule has 0 amide bonds. The molecule has 2 aromatic rings. The van der Waals surface area contributed by atoms with E-state index in [9.17, 15) is 9.59 Å². The van der Waals surface area contributed by atoms with Gasteiger partial charge in [0.1, 0.15) is 24.1 Å². The van der Waals surface area contributed by atoms with E-state index in [1.807, 2.05) is 6.92 Å². The van der Waals surface area contributed by atoms with Crippen LogP contribution in [0.15, 0.2) is 48.5 Å². The molecule has 34 heavy (non-hydrogen) atoms. The van der Waals surface area contributed by atoms with Crippen molar-refractivity contribution in [2.75, 3.05) is 32.9 Å². The third-order valence-electron chi connectivity index (χ3n) is 5.85. The molecule has 2 aromatic carbocycles. The highest BCUT2D eigenvalue weighted by Crippen LogP contribution is 2.24. The van der Waals surface area contributed by atoms with Crippen molar-refractivity contribution in [2.24, 2.45) is 5.92 Å². The van der Waals surface area contributed by atoms with Crippen molar-refractivity contribution in [1.29, 1.82) is 0 Å². The molecule has 1 fully saturated rings. The number of carbonyl (C=O) groups is 2. The fourth-order valence-electron chi connectivity index (χ4n) is 4.05. The van der Waals surface area contributed by atoms with E-state index in [4.69, 9.17) is 37.4 Å². The van der Waals surface area contributed by atoms with Gasteiger partial charge < -0.3 is 14.2 Å². The molecule has 8 heteroatoms. The molecule has 1 aliphatic heterocycles. The van der Waals surface area contributed by atoms with E-state index in [2.05, 4.69) is 4.90 Å². The molecule has 184 valence electrons. The van der Waals surface area contributed by atoms with Crippen molar-refractivity contribution in [3.8, 4) is 11.5 Å². The van der Waals surface area contributed by atoms with E-state index < -0.39 is 0 Å². The maximum absolute atomic E-state index is 12.6. The smallest absolute Gasteiger partial charge is 0.323 e. The lowest BCUT2D eigenvalue weighted by molar-refractivity contribution is -0.151. The van der Waals surface area contributed by atoms with E-state index in [-0.39, 0.29) is 30.3 Å². The van der Waals surface area contributed by atoms with Gasteiger partial charge in [0, 0.05) is 22.9 Å². The highest BCUT2D eigenvalue weighted by atomic mass is 35.5. The van der Waals surface area contributed by atoms with Crippen LogP contribution in [0.5, 0.6) is 11.5 Å². The maximum Gasteiger partial charge on any atom is 0.323 e. The van der Waals surface area contributed by atoms with E-state index in [0.717, 1.165) is 25.9 Å². The van der Waals surface area contributed by atoms with Crippen LogP contribution >= 0.6 is 23.2 Å². The number of piperidine rings is 1. The molecular weight excluding hydrogens is 477 g/mol. The van der Waals surface area contributed by atoms with Gasteiger partial charge in [-0.1, -0.05) is 23.2 Å². The Balaban J connectivity index is 1.44. The Bertz CT molecular complexity index is 912. The molecule has 1 unspecified atom stereocenters. The number of benzene rings is 2. The predicted molar refractivity (Wildman–Crippen MR) is 133 cm³/mol. The van der Waals surface area contributed by atoms with Crippen LogP contribution in [0, 0.1) is 5.92 Å². The molecule has 0 N–H and O–H groups in total. The normalized spacial score (nSPS) is 15.5. The summed E-state index contributed by atoms with van der Waals surface area (Å²) in [6.07, 6.45) is 2.70. The minimum Gasteiger partial charge on any atom is -0.494 e. The lowest BCUT2D eigenvalue weighted by Gasteiger charge is -2.36. The average molecular weight is 508 g/mol. The molecule has 1 atom stereocenters. The summed E-state index contributed by atoms with van der Waals surface area (Å²) in [5, 5.41) is 1.28. The van der Waals surface area contributed by atoms with Gasteiger partial charge in [0.05, 0.1) is 13.2 Å². The number of carbonyl (C=O) groups excluding carboxylic acids is 2. The summed E-state index contributed by atoms with van der Waals surface area (Å²) in [5.74, 6) is 1.47. The van der Waals surface area contributed by atoms with Crippen molar-refractivity contribution in [2.45, 2.75) is 38.6 Å². The number of rotatable bonds is 12. The monoisotopic (exact) mass is 507 g/mol. The molecule has 3 rings (SSSR count). The third-order valence-corrected chi connectivity index (χ3v) is 6.36. The minimum atomic E-state index is -0.364. The number of ether oxygens (including phenoxy) is 3. The van der Waals surface area contributed by atoms with Crippen LogP contribution in [0.1, 0.15) is 32.6 Å². The van der Waals surface area contributed by atoms with Gasteiger partial charge in [-0.05, 0) is 87.3 Å². The van der Waals surface area contributed by atoms with Crippen LogP contribution < -0.4 is 9.47 Å². The topological polar surface area (TPSA) is 65.1 Å². The van der Waals surface area contributed by atoms with Gasteiger partial charge in [-0.15, -0.1) is 0 Å². The molecule has 1 aliphatic rings. The Morgan fingerprint density at radius 2 is 1.50 bits per heavy atom. The first-order chi connectivity index (χ1) is 16.4. The Hall–Kier alpha value is -2.28. The molecule has 1 heterocycles. The molecule has 1 saturated heterocycles. The lowest BCUT2D eigenvalue weighted by Crippen LogP contribution is -2.47. The second-order valence-corrected chi connectivity index (χ2v) is 9.20. The van der Waals surface area contributed by atoms with E-state index in [1.165, 1.54) is 0 Å². The first-order valence-electron chi connectivity index (χ1n) is 11.6. The Kier molecular flexibility index (Phi) is 10.5. The Labute approximate surface area is 211 Å². The summed E-state index contributed by atoms with van der Waals surface area (Å²) in [6.45, 7) is 4.07. The van der Waals surface area contributed by atoms with Crippen molar-refractivity contribution in [1.82, 2.24) is 4.90 Å². The zero-order valence-electron chi connectivity index (χ0n) is 19.4. The molecule has 0 aromatic heterocycles. The lowest BCUT2D eigenvalue weighted by atomic mass is 9.91. The molecule has 0 saturated carbocycles. The summed E-state index contributed by atoms with van der Waals surface area (Å²) in [5.41, 5.74) is 0. The molecule has 0 radical (unpaired) electrons. The number of nitrogens with zero attached hydrogens (tertiary/aromatic N) is 1. The van der Waals surface area contributed by atoms with Crippen molar-refractivity contribution < 1.29 is 23.8 Å². The summed E-state index contributed by atoms with van der Waals surface area (Å²) in [6, 6.07) is 13.8. The standard InChI is InChI=1S/C26H31Cl2NO5/c1-2-32-26(31)25(13-16-33-23-7-3-20(27)4-8-23)29-14-11-19(12-15-29)17-22(30)18-34-24-9-5-21(28)6-10-24/h3-10,19,25H,2,11-18H2,1H3. The van der Waals surface area contributed by atoms with Crippen molar-refractivity contribution >= 4 is 35.0 Å². The van der Waals surface area contributed by atoms with Crippen molar-refractivity contribution in [3.63, 3.8) is 0 Å². The summed E-state index contributed by atoms with van der Waals surface area (Å²) >= 11 is 11.8. The highest BCUT2D eigenvalue weighted by molar-refractivity contribution is 6.30. The fraction of sp³-hybridized carbons (Fsp3) is 0.462. The number of esters is 1. The number of Topliss-reactive ketones (excluding diaryl/α,β-unsaturated/α-hetero) is 1. The van der Waals surface area contributed by atoms with Gasteiger partial charge >= 0.3 is 5.97 Å². The van der Waals surface area contributed by atoms with Gasteiger partial charge in [-0.25, -0.2) is 0 Å². The SMILES string of the molecule is CCOC(=O)C(CCOc1ccc(Cl)cc1)N1CCC(CC(=O)COc2ccc(Cl)cc2)CC1. The molecule has 6 nitrogen and oxygen atoms in total. The second kappa shape index (κ2) is 13.6. The third kappa shape index (κ3) is 8.49. The summed E-state index contributed by atoms with van der Waals surface area (Å²) in [4.78, 5) is 27.2. The van der Waals surface area contributed by atoms with Crippen molar-refractivity contribution in [3.05, 3.63) is 58.6 Å². The first kappa shape index (κ1) is 26.3. The highest BCUT2D eigenvalue weighted by Gasteiger charge is 2.31. The van der Waals surface area contributed by atoms with E-state index in [1.54, 1.807) is 48.5 Å². The molecule has 0 bridgehead atoms. The number of ketones is 1.